The molecular weight excluding hydrogens is 305 g/mol. The second kappa shape index (κ2) is 6.40. The van der Waals surface area contributed by atoms with Crippen molar-refractivity contribution >= 4 is 17.1 Å². The summed E-state index contributed by atoms with van der Waals surface area (Å²) in [5, 5.41) is 2.82. The van der Waals surface area contributed by atoms with E-state index in [1.54, 1.807) is 39.0 Å². The average molecular weight is 324 g/mol. The molecule has 0 spiro atoms. The predicted octanol–water partition coefficient (Wildman–Crippen LogP) is 5.13. The van der Waals surface area contributed by atoms with E-state index in [9.17, 15) is 13.2 Å². The van der Waals surface area contributed by atoms with E-state index in [0.717, 1.165) is 11.6 Å². The Balaban J connectivity index is 2.41. The maximum Gasteiger partial charge on any atom is 0.418 e. The van der Waals surface area contributed by atoms with Crippen LogP contribution in [0.4, 0.5) is 30.2 Å². The predicted molar refractivity (Wildman–Crippen MR) is 86.1 cm³/mol. The van der Waals surface area contributed by atoms with E-state index < -0.39 is 11.7 Å². The van der Waals surface area contributed by atoms with E-state index >= 15 is 0 Å². The van der Waals surface area contributed by atoms with Crippen molar-refractivity contribution in [2.24, 2.45) is 0 Å². The number of aryl methyl sites for hydroxylation is 1. The van der Waals surface area contributed by atoms with Gasteiger partial charge in [-0.15, -0.1) is 0 Å². The summed E-state index contributed by atoms with van der Waals surface area (Å²) in [7, 11) is 0. The number of hydrogen-bond acceptors (Lipinski definition) is 3. The molecule has 124 valence electrons. The van der Waals surface area contributed by atoms with Crippen molar-refractivity contribution in [3.8, 4) is 5.75 Å². The van der Waals surface area contributed by atoms with Crippen molar-refractivity contribution in [1.82, 2.24) is 0 Å². The van der Waals surface area contributed by atoms with Gasteiger partial charge in [0.25, 0.3) is 0 Å². The quantitative estimate of drug-likeness (QED) is 0.767. The summed E-state index contributed by atoms with van der Waals surface area (Å²) in [5.74, 6) is 0.187. The Labute approximate surface area is 133 Å². The largest absolute Gasteiger partial charge is 0.491 e. The zero-order valence-electron chi connectivity index (χ0n) is 13.2. The molecule has 0 heterocycles. The molecule has 0 saturated heterocycles. The molecule has 0 aliphatic heterocycles. The average Bonchev–Trinajstić information content (AvgIpc) is 2.41. The van der Waals surface area contributed by atoms with Gasteiger partial charge in [-0.2, -0.15) is 13.2 Å². The standard InChI is InChI=1S/C17H19F3N2O/c1-10(2)23-13-5-7-16(14(9-13)17(18,19)20)22-15-6-4-12(21)8-11(15)3/h4-10,22H,21H2,1-3H3. The normalized spacial score (nSPS) is 11.6. The van der Waals surface area contributed by atoms with Crippen molar-refractivity contribution in [3.05, 3.63) is 47.5 Å². The molecule has 0 aliphatic carbocycles. The summed E-state index contributed by atoms with van der Waals surface area (Å²) in [6.07, 6.45) is -4.69. The highest BCUT2D eigenvalue weighted by Gasteiger charge is 2.34. The van der Waals surface area contributed by atoms with Crippen LogP contribution in [0.15, 0.2) is 36.4 Å². The first-order chi connectivity index (χ1) is 10.7. The molecule has 0 atom stereocenters. The van der Waals surface area contributed by atoms with E-state index in [1.807, 2.05) is 0 Å². The third-order valence-electron chi connectivity index (χ3n) is 3.19. The zero-order valence-corrected chi connectivity index (χ0v) is 13.2. The van der Waals surface area contributed by atoms with E-state index in [0.29, 0.717) is 11.4 Å². The number of nitrogen functional groups attached to an aromatic ring is 1. The van der Waals surface area contributed by atoms with Gasteiger partial charge in [-0.1, -0.05) is 0 Å². The molecule has 0 fully saturated rings. The molecule has 2 aromatic rings. The molecule has 0 bridgehead atoms. The Morgan fingerprint density at radius 2 is 1.70 bits per heavy atom. The van der Waals surface area contributed by atoms with Gasteiger partial charge in [0.1, 0.15) is 5.75 Å². The summed E-state index contributed by atoms with van der Waals surface area (Å²) in [6.45, 7) is 5.30. The second-order valence-electron chi connectivity index (χ2n) is 5.57. The Morgan fingerprint density at radius 3 is 2.26 bits per heavy atom. The van der Waals surface area contributed by atoms with Crippen LogP contribution in [0.3, 0.4) is 0 Å². The molecule has 2 aromatic carbocycles. The lowest BCUT2D eigenvalue weighted by atomic mass is 10.1. The third-order valence-corrected chi connectivity index (χ3v) is 3.19. The van der Waals surface area contributed by atoms with Crippen molar-refractivity contribution in [2.45, 2.75) is 33.1 Å². The summed E-state index contributed by atoms with van der Waals surface area (Å²) in [6, 6.07) is 8.89. The van der Waals surface area contributed by atoms with Crippen LogP contribution in [0.5, 0.6) is 5.75 Å². The van der Waals surface area contributed by atoms with E-state index in [-0.39, 0.29) is 17.5 Å². The van der Waals surface area contributed by atoms with Gasteiger partial charge in [0.05, 0.1) is 17.4 Å². The number of benzene rings is 2. The molecule has 2 rings (SSSR count). The fraction of sp³-hybridized carbons (Fsp3) is 0.294. The van der Waals surface area contributed by atoms with Gasteiger partial charge in [0, 0.05) is 11.4 Å². The molecule has 0 unspecified atom stereocenters. The molecule has 0 saturated carbocycles. The van der Waals surface area contributed by atoms with Gasteiger partial charge in [-0.05, 0) is 62.7 Å². The number of rotatable bonds is 4. The maximum atomic E-state index is 13.3. The Kier molecular flexibility index (Phi) is 4.73. The van der Waals surface area contributed by atoms with Gasteiger partial charge in [-0.25, -0.2) is 0 Å². The Hall–Kier alpha value is -2.37. The Morgan fingerprint density at radius 1 is 1.04 bits per heavy atom. The molecule has 0 amide bonds. The first-order valence-corrected chi connectivity index (χ1v) is 7.18. The minimum absolute atomic E-state index is 0.0264. The van der Waals surface area contributed by atoms with Crippen molar-refractivity contribution in [2.75, 3.05) is 11.1 Å². The summed E-state index contributed by atoms with van der Waals surface area (Å²) in [5.41, 5.74) is 6.76. The van der Waals surface area contributed by atoms with E-state index in [1.165, 1.54) is 12.1 Å². The van der Waals surface area contributed by atoms with Gasteiger partial charge in [-0.3, -0.25) is 0 Å². The number of nitrogens with one attached hydrogen (secondary N) is 1. The summed E-state index contributed by atoms with van der Waals surface area (Å²) < 4.78 is 45.3. The van der Waals surface area contributed by atoms with Crippen LogP contribution in [-0.2, 0) is 6.18 Å². The van der Waals surface area contributed by atoms with Crippen LogP contribution >= 0.6 is 0 Å². The Bertz CT molecular complexity index is 697. The number of halogens is 3. The first-order valence-electron chi connectivity index (χ1n) is 7.18. The van der Waals surface area contributed by atoms with Crippen LogP contribution in [0.1, 0.15) is 25.0 Å². The van der Waals surface area contributed by atoms with Crippen LogP contribution in [-0.4, -0.2) is 6.10 Å². The minimum atomic E-state index is -4.49. The van der Waals surface area contributed by atoms with Crippen LogP contribution in [0.25, 0.3) is 0 Å². The fourth-order valence-corrected chi connectivity index (χ4v) is 2.18. The molecule has 0 radical (unpaired) electrons. The topological polar surface area (TPSA) is 47.3 Å². The zero-order chi connectivity index (χ0) is 17.2. The smallest absolute Gasteiger partial charge is 0.418 e. The van der Waals surface area contributed by atoms with Gasteiger partial charge >= 0.3 is 6.18 Å². The van der Waals surface area contributed by atoms with Crippen molar-refractivity contribution < 1.29 is 17.9 Å². The highest BCUT2D eigenvalue weighted by Crippen LogP contribution is 2.39. The van der Waals surface area contributed by atoms with E-state index in [4.69, 9.17) is 10.5 Å². The molecule has 23 heavy (non-hydrogen) atoms. The lowest BCUT2D eigenvalue weighted by molar-refractivity contribution is -0.137. The molecule has 0 aromatic heterocycles. The van der Waals surface area contributed by atoms with Crippen LogP contribution < -0.4 is 15.8 Å². The SMILES string of the molecule is Cc1cc(N)ccc1Nc1ccc(OC(C)C)cc1C(F)(F)F. The van der Waals surface area contributed by atoms with Gasteiger partial charge in [0.15, 0.2) is 0 Å². The number of anilines is 3. The number of nitrogens with two attached hydrogens (primary N) is 1. The van der Waals surface area contributed by atoms with E-state index in [2.05, 4.69) is 5.32 Å². The first kappa shape index (κ1) is 17.0. The molecular formula is C17H19F3N2O. The monoisotopic (exact) mass is 324 g/mol. The molecule has 6 heteroatoms. The van der Waals surface area contributed by atoms with Gasteiger partial charge < -0.3 is 15.8 Å². The maximum absolute atomic E-state index is 13.3. The molecule has 0 aliphatic rings. The van der Waals surface area contributed by atoms with Crippen molar-refractivity contribution in [1.29, 1.82) is 0 Å². The molecule has 3 N–H and O–H groups in total. The fourth-order valence-electron chi connectivity index (χ4n) is 2.18. The van der Waals surface area contributed by atoms with Crippen LogP contribution in [0.2, 0.25) is 0 Å². The van der Waals surface area contributed by atoms with Crippen LogP contribution in [0, 0.1) is 6.92 Å². The lowest BCUT2D eigenvalue weighted by Gasteiger charge is -2.18. The third kappa shape index (κ3) is 4.31. The highest BCUT2D eigenvalue weighted by molar-refractivity contribution is 5.69. The molecule has 3 nitrogen and oxygen atoms in total. The number of hydrogen-bond donors (Lipinski definition) is 2. The minimum Gasteiger partial charge on any atom is -0.491 e. The summed E-state index contributed by atoms with van der Waals surface area (Å²) >= 11 is 0. The lowest BCUT2D eigenvalue weighted by Crippen LogP contribution is -2.11. The van der Waals surface area contributed by atoms with Crippen molar-refractivity contribution in [3.63, 3.8) is 0 Å². The van der Waals surface area contributed by atoms with Gasteiger partial charge in [0.2, 0.25) is 0 Å². The number of alkyl halides is 3. The highest BCUT2D eigenvalue weighted by atomic mass is 19.4. The second-order valence-corrected chi connectivity index (χ2v) is 5.57. The number of ether oxygens (including phenoxy) is 1. The summed E-state index contributed by atoms with van der Waals surface area (Å²) in [4.78, 5) is 0.